The van der Waals surface area contributed by atoms with Crippen molar-refractivity contribution in [3.8, 4) is 0 Å². The van der Waals surface area contributed by atoms with E-state index in [-0.39, 0.29) is 11.3 Å². The van der Waals surface area contributed by atoms with Crippen molar-refractivity contribution in [3.63, 3.8) is 0 Å². The largest absolute Gasteiger partial charge is 0.317 e. The number of halogens is 1. The molecule has 2 amide bonds. The van der Waals surface area contributed by atoms with Gasteiger partial charge in [0.25, 0.3) is 11.8 Å². The van der Waals surface area contributed by atoms with E-state index in [0.29, 0.717) is 5.02 Å². The number of thiophene rings is 1. The molecule has 0 unspecified atom stereocenters. The van der Waals surface area contributed by atoms with Gasteiger partial charge < -0.3 is 5.32 Å². The van der Waals surface area contributed by atoms with Gasteiger partial charge in [-0.1, -0.05) is 29.8 Å². The van der Waals surface area contributed by atoms with E-state index in [4.69, 9.17) is 11.6 Å². The Labute approximate surface area is 170 Å². The molecule has 0 atom stereocenters. The fourth-order valence-corrected chi connectivity index (χ4v) is 3.06. The summed E-state index contributed by atoms with van der Waals surface area (Å²) in [6.45, 7) is 0. The highest BCUT2D eigenvalue weighted by Crippen LogP contribution is 2.16. The van der Waals surface area contributed by atoms with Gasteiger partial charge in [0.2, 0.25) is 0 Å². The maximum atomic E-state index is 12.6. The number of nitrogens with one attached hydrogen (secondary N) is 2. The second-order valence-electron chi connectivity index (χ2n) is 5.49. The number of hydrogen-bond acceptors (Lipinski definition) is 5. The summed E-state index contributed by atoms with van der Waals surface area (Å²) in [5.74, 6) is -1.04. The Balaban J connectivity index is 1.77. The van der Waals surface area contributed by atoms with Crippen LogP contribution in [0.1, 0.15) is 20.8 Å². The second kappa shape index (κ2) is 9.59. The van der Waals surface area contributed by atoms with Gasteiger partial charge in [-0.05, 0) is 47.4 Å². The molecule has 3 aromatic rings. The molecule has 0 spiro atoms. The summed E-state index contributed by atoms with van der Waals surface area (Å²) in [6, 6.07) is 13.8. The lowest BCUT2D eigenvalue weighted by Crippen LogP contribution is -2.32. The van der Waals surface area contributed by atoms with Crippen molar-refractivity contribution in [1.29, 1.82) is 0 Å². The lowest BCUT2D eigenvalue weighted by molar-refractivity contribution is -0.117. The van der Waals surface area contributed by atoms with Crippen molar-refractivity contribution in [2.24, 2.45) is 5.10 Å². The smallest absolute Gasteiger partial charge is 0.287 e. The fourth-order valence-electron chi connectivity index (χ4n) is 2.18. The number of nitrogens with zero attached hydrogens (tertiary/aromatic N) is 2. The Hall–Kier alpha value is -3.29. The Morgan fingerprint density at radius 1 is 1.07 bits per heavy atom. The van der Waals surface area contributed by atoms with Crippen LogP contribution in [0.5, 0.6) is 0 Å². The number of hydrogen-bond donors (Lipinski definition) is 2. The molecule has 3 rings (SSSR count). The second-order valence-corrected chi connectivity index (χ2v) is 6.87. The van der Waals surface area contributed by atoms with Gasteiger partial charge in [0.05, 0.1) is 16.8 Å². The van der Waals surface area contributed by atoms with E-state index in [2.05, 4.69) is 20.8 Å². The zero-order chi connectivity index (χ0) is 19.8. The van der Waals surface area contributed by atoms with Crippen LogP contribution in [-0.2, 0) is 4.79 Å². The predicted molar refractivity (Wildman–Crippen MR) is 111 cm³/mol. The van der Waals surface area contributed by atoms with Gasteiger partial charge in [0.15, 0.2) is 0 Å². The summed E-state index contributed by atoms with van der Waals surface area (Å²) < 4.78 is 0. The third-order valence-electron chi connectivity index (χ3n) is 3.53. The van der Waals surface area contributed by atoms with Crippen molar-refractivity contribution in [2.45, 2.75) is 0 Å². The molecule has 8 heteroatoms. The first-order chi connectivity index (χ1) is 13.6. The van der Waals surface area contributed by atoms with Crippen LogP contribution in [0.2, 0.25) is 5.02 Å². The topological polar surface area (TPSA) is 83.4 Å². The molecule has 28 heavy (non-hydrogen) atoms. The first-order valence-corrected chi connectivity index (χ1v) is 9.44. The molecule has 2 N–H and O–H groups in total. The van der Waals surface area contributed by atoms with E-state index < -0.39 is 11.8 Å². The lowest BCUT2D eigenvalue weighted by Gasteiger charge is -2.09. The van der Waals surface area contributed by atoms with E-state index in [0.717, 1.165) is 10.4 Å². The summed E-state index contributed by atoms with van der Waals surface area (Å²) in [5.41, 5.74) is 3.52. The molecule has 140 valence electrons. The minimum atomic E-state index is -0.556. The molecule has 2 heterocycles. The van der Waals surface area contributed by atoms with Gasteiger partial charge in [0, 0.05) is 17.3 Å². The number of hydrazone groups is 1. The van der Waals surface area contributed by atoms with E-state index in [1.165, 1.54) is 17.6 Å². The number of carbonyl (C=O) groups is 2. The van der Waals surface area contributed by atoms with E-state index in [1.807, 2.05) is 17.5 Å². The first kappa shape index (κ1) is 19.5. The van der Waals surface area contributed by atoms with Crippen molar-refractivity contribution < 1.29 is 9.59 Å². The molecule has 0 saturated heterocycles. The molecule has 0 radical (unpaired) electrons. The Bertz CT molecular complexity index is 1020. The van der Waals surface area contributed by atoms with Gasteiger partial charge in [-0.3, -0.25) is 14.6 Å². The number of amides is 2. The highest BCUT2D eigenvalue weighted by molar-refractivity contribution is 7.10. The maximum Gasteiger partial charge on any atom is 0.287 e. The number of carbonyl (C=O) groups excluding carboxylic acids is 2. The van der Waals surface area contributed by atoms with Crippen LogP contribution in [0.15, 0.2) is 77.1 Å². The summed E-state index contributed by atoms with van der Waals surface area (Å²) in [5, 5.41) is 8.70. The molecule has 0 saturated carbocycles. The van der Waals surface area contributed by atoms with Crippen molar-refractivity contribution in [3.05, 3.63) is 93.0 Å². The molecule has 0 aliphatic rings. The maximum absolute atomic E-state index is 12.6. The van der Waals surface area contributed by atoms with Gasteiger partial charge in [0.1, 0.15) is 5.70 Å². The van der Waals surface area contributed by atoms with Crippen LogP contribution in [0.3, 0.4) is 0 Å². The summed E-state index contributed by atoms with van der Waals surface area (Å²) >= 11 is 7.51. The Kier molecular flexibility index (Phi) is 6.67. The zero-order valence-corrected chi connectivity index (χ0v) is 16.1. The molecular formula is C20H15ClN4O2S. The number of rotatable bonds is 6. The standard InChI is InChI=1S/C20H15ClN4O2S/c21-17-6-2-1-5-16(17)19(26)24-18(12-15-4-3-11-28-15)20(27)25-23-13-14-7-9-22-10-8-14/h1-13H,(H,24,26)(H,25,27). The Morgan fingerprint density at radius 3 is 2.57 bits per heavy atom. The number of pyridine rings is 1. The van der Waals surface area contributed by atoms with Gasteiger partial charge in [-0.25, -0.2) is 5.43 Å². The molecular weight excluding hydrogens is 396 g/mol. The highest BCUT2D eigenvalue weighted by atomic mass is 35.5. The molecule has 1 aromatic carbocycles. The lowest BCUT2D eigenvalue weighted by atomic mass is 10.2. The Morgan fingerprint density at radius 2 is 1.86 bits per heavy atom. The average molecular weight is 411 g/mol. The van der Waals surface area contributed by atoms with Crippen LogP contribution in [0.25, 0.3) is 6.08 Å². The van der Waals surface area contributed by atoms with Crippen LogP contribution in [0.4, 0.5) is 0 Å². The summed E-state index contributed by atoms with van der Waals surface area (Å²) in [6.07, 6.45) is 6.30. The summed E-state index contributed by atoms with van der Waals surface area (Å²) in [4.78, 5) is 29.8. The monoisotopic (exact) mass is 410 g/mol. The molecule has 0 bridgehead atoms. The number of benzene rings is 1. The fraction of sp³-hybridized carbons (Fsp3) is 0. The normalized spacial score (nSPS) is 11.4. The van der Waals surface area contributed by atoms with Crippen molar-refractivity contribution in [1.82, 2.24) is 15.7 Å². The van der Waals surface area contributed by atoms with Crippen LogP contribution >= 0.6 is 22.9 Å². The molecule has 0 fully saturated rings. The summed E-state index contributed by atoms with van der Waals surface area (Å²) in [7, 11) is 0. The highest BCUT2D eigenvalue weighted by Gasteiger charge is 2.16. The van der Waals surface area contributed by atoms with E-state index in [1.54, 1.807) is 54.9 Å². The van der Waals surface area contributed by atoms with Crippen LogP contribution in [-0.4, -0.2) is 23.0 Å². The van der Waals surface area contributed by atoms with E-state index >= 15 is 0 Å². The predicted octanol–water partition coefficient (Wildman–Crippen LogP) is 3.72. The quantitative estimate of drug-likeness (QED) is 0.369. The molecule has 0 aliphatic heterocycles. The van der Waals surface area contributed by atoms with Gasteiger partial charge >= 0.3 is 0 Å². The zero-order valence-electron chi connectivity index (χ0n) is 14.5. The van der Waals surface area contributed by atoms with Crippen molar-refractivity contribution >= 4 is 47.0 Å². The van der Waals surface area contributed by atoms with Crippen LogP contribution in [0, 0.1) is 0 Å². The van der Waals surface area contributed by atoms with E-state index in [9.17, 15) is 9.59 Å². The SMILES string of the molecule is O=C(NN=Cc1ccncc1)C(=Cc1cccs1)NC(=O)c1ccccc1Cl. The third kappa shape index (κ3) is 5.35. The molecule has 0 aliphatic carbocycles. The van der Waals surface area contributed by atoms with Crippen LogP contribution < -0.4 is 10.7 Å². The third-order valence-corrected chi connectivity index (χ3v) is 4.68. The minimum Gasteiger partial charge on any atom is -0.317 e. The minimum absolute atomic E-state index is 0.0549. The van der Waals surface area contributed by atoms with Gasteiger partial charge in [-0.15, -0.1) is 11.3 Å². The molecule has 2 aromatic heterocycles. The number of aromatic nitrogens is 1. The first-order valence-electron chi connectivity index (χ1n) is 8.18. The average Bonchev–Trinajstić information content (AvgIpc) is 3.21. The van der Waals surface area contributed by atoms with Gasteiger partial charge in [-0.2, -0.15) is 5.10 Å². The molecule has 6 nitrogen and oxygen atoms in total. The van der Waals surface area contributed by atoms with Crippen molar-refractivity contribution in [2.75, 3.05) is 0 Å².